The van der Waals surface area contributed by atoms with Crippen molar-refractivity contribution in [2.45, 2.75) is 13.2 Å². The van der Waals surface area contributed by atoms with Gasteiger partial charge in [0, 0.05) is 11.1 Å². The number of nitrogens with one attached hydrogen (secondary N) is 2. The number of aromatic amines is 1. The molecule has 0 bridgehead atoms. The van der Waals surface area contributed by atoms with Crippen LogP contribution in [0.2, 0.25) is 0 Å². The molecule has 2 N–H and O–H groups in total. The first-order valence-corrected chi connectivity index (χ1v) is 9.63. The summed E-state index contributed by atoms with van der Waals surface area (Å²) in [5.41, 5.74) is 2.32. The molecule has 1 heterocycles. The summed E-state index contributed by atoms with van der Waals surface area (Å²) < 4.78 is 7.80. The normalized spacial score (nSPS) is 12.2. The van der Waals surface area contributed by atoms with E-state index >= 15 is 0 Å². The fourth-order valence-corrected chi connectivity index (χ4v) is 3.57. The monoisotopic (exact) mass is 391 g/mol. The fraction of sp³-hybridized carbons (Fsp3) is 0.182. The molecule has 4 rings (SSSR count). The van der Waals surface area contributed by atoms with Crippen molar-refractivity contribution in [3.63, 3.8) is 0 Å². The topological polar surface area (TPSA) is 47.3 Å². The number of fused-ring (bicyclic) bond motifs is 1. The number of rotatable bonds is 6. The molecule has 5 nitrogen and oxygen atoms in total. The van der Waals surface area contributed by atoms with Crippen LogP contribution in [0.15, 0.2) is 66.7 Å². The zero-order chi connectivity index (χ0) is 19.5. The Kier molecular flexibility index (Phi) is 5.23. The van der Waals surface area contributed by atoms with Gasteiger partial charge in [0.05, 0.1) is 14.2 Å². The molecule has 0 aliphatic rings. The minimum atomic E-state index is 0.573. The van der Waals surface area contributed by atoms with Gasteiger partial charge in [-0.2, -0.15) is 4.98 Å². The molecular formula is C22H23N4OS+. The summed E-state index contributed by atoms with van der Waals surface area (Å²) in [5.74, 6) is 1.68. The Morgan fingerprint density at radius 3 is 2.57 bits per heavy atom. The van der Waals surface area contributed by atoms with Crippen LogP contribution in [0.4, 0.5) is 0 Å². The Balaban J connectivity index is 1.49. The summed E-state index contributed by atoms with van der Waals surface area (Å²) in [6.07, 6.45) is 0. The van der Waals surface area contributed by atoms with Gasteiger partial charge in [-0.05, 0) is 41.2 Å². The minimum Gasteiger partial charge on any atom is -0.497 e. The van der Waals surface area contributed by atoms with Gasteiger partial charge < -0.3 is 9.64 Å². The molecule has 0 aliphatic carbocycles. The highest BCUT2D eigenvalue weighted by Crippen LogP contribution is 2.21. The van der Waals surface area contributed by atoms with Crippen LogP contribution in [0.5, 0.6) is 5.75 Å². The number of methoxy groups -OCH3 is 1. The maximum atomic E-state index is 5.44. The van der Waals surface area contributed by atoms with Crippen molar-refractivity contribution in [2.75, 3.05) is 14.2 Å². The predicted octanol–water partition coefficient (Wildman–Crippen LogP) is 3.44. The average Bonchev–Trinajstić information content (AvgIpc) is 3.08. The van der Waals surface area contributed by atoms with Crippen LogP contribution in [0.3, 0.4) is 0 Å². The second-order valence-electron chi connectivity index (χ2n) is 6.99. The molecule has 0 saturated heterocycles. The molecule has 1 atom stereocenters. The van der Waals surface area contributed by atoms with Crippen LogP contribution < -0.4 is 9.64 Å². The molecule has 0 fully saturated rings. The van der Waals surface area contributed by atoms with E-state index in [0.29, 0.717) is 4.77 Å². The van der Waals surface area contributed by atoms with Crippen LogP contribution in [0.25, 0.3) is 22.2 Å². The number of hydrogen-bond donors (Lipinski definition) is 2. The number of benzene rings is 3. The van der Waals surface area contributed by atoms with E-state index in [2.05, 4.69) is 47.5 Å². The zero-order valence-electron chi connectivity index (χ0n) is 16.0. The summed E-state index contributed by atoms with van der Waals surface area (Å²) >= 11 is 5.44. The first-order chi connectivity index (χ1) is 13.6. The molecule has 0 radical (unpaired) electrons. The first-order valence-electron chi connectivity index (χ1n) is 9.22. The largest absolute Gasteiger partial charge is 0.497 e. The summed E-state index contributed by atoms with van der Waals surface area (Å²) in [6.45, 7) is 1.61. The van der Waals surface area contributed by atoms with Crippen molar-refractivity contribution in [1.82, 2.24) is 14.8 Å². The fourth-order valence-electron chi connectivity index (χ4n) is 3.37. The van der Waals surface area contributed by atoms with E-state index in [0.717, 1.165) is 30.4 Å². The van der Waals surface area contributed by atoms with Crippen molar-refractivity contribution in [1.29, 1.82) is 0 Å². The molecule has 0 amide bonds. The Morgan fingerprint density at radius 1 is 1.04 bits per heavy atom. The van der Waals surface area contributed by atoms with E-state index in [1.165, 1.54) is 21.2 Å². The van der Waals surface area contributed by atoms with Crippen molar-refractivity contribution >= 4 is 23.0 Å². The van der Waals surface area contributed by atoms with Gasteiger partial charge >= 0.3 is 0 Å². The molecule has 142 valence electrons. The lowest BCUT2D eigenvalue weighted by atomic mass is 10.1. The summed E-state index contributed by atoms with van der Waals surface area (Å²) in [4.78, 5) is 5.81. The number of nitrogens with zero attached hydrogens (tertiary/aromatic N) is 2. The maximum absolute atomic E-state index is 5.44. The highest BCUT2D eigenvalue weighted by molar-refractivity contribution is 7.71. The average molecular weight is 392 g/mol. The van der Waals surface area contributed by atoms with Crippen LogP contribution >= 0.6 is 12.2 Å². The molecule has 0 spiro atoms. The van der Waals surface area contributed by atoms with Gasteiger partial charge in [-0.15, -0.1) is 0 Å². The molecule has 4 aromatic rings. The number of hydrogen-bond acceptors (Lipinski definition) is 3. The molecule has 28 heavy (non-hydrogen) atoms. The molecular weight excluding hydrogens is 368 g/mol. The Morgan fingerprint density at radius 2 is 1.79 bits per heavy atom. The summed E-state index contributed by atoms with van der Waals surface area (Å²) in [5, 5.41) is 5.73. The predicted molar refractivity (Wildman–Crippen MR) is 114 cm³/mol. The molecule has 0 saturated carbocycles. The van der Waals surface area contributed by atoms with Gasteiger partial charge in [0.2, 0.25) is 4.77 Å². The van der Waals surface area contributed by atoms with Crippen LogP contribution in [0.1, 0.15) is 5.56 Å². The second kappa shape index (κ2) is 7.96. The molecule has 6 heteroatoms. The zero-order valence-corrected chi connectivity index (χ0v) is 16.8. The third kappa shape index (κ3) is 3.98. The Bertz CT molecular complexity index is 1150. The highest BCUT2D eigenvalue weighted by atomic mass is 32.1. The summed E-state index contributed by atoms with van der Waals surface area (Å²) in [7, 11) is 3.85. The molecule has 1 unspecified atom stereocenters. The SMILES string of the molecule is COc1ccc2cc(C[NH+](C)Cn3[nH]c(-c4ccccc4)nc3=S)ccc2c1. The quantitative estimate of drug-likeness (QED) is 0.495. The Hall–Kier alpha value is -2.96. The third-order valence-corrected chi connectivity index (χ3v) is 5.08. The lowest BCUT2D eigenvalue weighted by Gasteiger charge is -2.15. The molecule has 0 aliphatic heterocycles. The van der Waals surface area contributed by atoms with Gasteiger partial charge in [0.25, 0.3) is 0 Å². The van der Waals surface area contributed by atoms with Gasteiger partial charge in [-0.3, -0.25) is 5.10 Å². The van der Waals surface area contributed by atoms with E-state index in [4.69, 9.17) is 17.0 Å². The smallest absolute Gasteiger partial charge is 0.221 e. The number of H-pyrrole nitrogens is 1. The second-order valence-corrected chi connectivity index (χ2v) is 7.35. The van der Waals surface area contributed by atoms with Gasteiger partial charge in [0.15, 0.2) is 12.5 Å². The van der Waals surface area contributed by atoms with Gasteiger partial charge in [0.1, 0.15) is 12.3 Å². The number of ether oxygens (including phenoxy) is 1. The summed E-state index contributed by atoms with van der Waals surface area (Å²) in [6, 6.07) is 22.8. The number of aromatic nitrogens is 3. The van der Waals surface area contributed by atoms with Crippen molar-refractivity contribution in [3.05, 3.63) is 77.1 Å². The lowest BCUT2D eigenvalue weighted by molar-refractivity contribution is -0.917. The standard InChI is InChI=1S/C22H22N4OS/c1-25(14-16-8-9-19-13-20(27-2)11-10-18(19)12-16)15-26-22(28)23-21(24-26)17-6-4-3-5-7-17/h3-13H,14-15H2,1-2H3,(H,23,24,28)/p+1. The van der Waals surface area contributed by atoms with Crippen LogP contribution in [-0.2, 0) is 13.2 Å². The van der Waals surface area contributed by atoms with E-state index in [-0.39, 0.29) is 0 Å². The van der Waals surface area contributed by atoms with Crippen molar-refractivity contribution in [2.24, 2.45) is 0 Å². The lowest BCUT2D eigenvalue weighted by Crippen LogP contribution is -3.07. The van der Waals surface area contributed by atoms with Crippen molar-refractivity contribution in [3.8, 4) is 17.1 Å². The van der Waals surface area contributed by atoms with Crippen LogP contribution in [0, 0.1) is 4.77 Å². The molecule has 1 aromatic heterocycles. The van der Waals surface area contributed by atoms with Crippen molar-refractivity contribution < 1.29 is 9.64 Å². The van der Waals surface area contributed by atoms with E-state index in [9.17, 15) is 0 Å². The highest BCUT2D eigenvalue weighted by Gasteiger charge is 2.10. The third-order valence-electron chi connectivity index (χ3n) is 4.77. The minimum absolute atomic E-state index is 0.573. The van der Waals surface area contributed by atoms with Gasteiger partial charge in [-0.25, -0.2) is 4.68 Å². The molecule has 3 aromatic carbocycles. The maximum Gasteiger partial charge on any atom is 0.221 e. The van der Waals surface area contributed by atoms with Crippen LogP contribution in [-0.4, -0.2) is 28.9 Å². The van der Waals surface area contributed by atoms with E-state index in [1.807, 2.05) is 41.1 Å². The Labute approximate surface area is 169 Å². The number of quaternary nitrogens is 1. The van der Waals surface area contributed by atoms with Gasteiger partial charge in [-0.1, -0.05) is 48.5 Å². The van der Waals surface area contributed by atoms with E-state index in [1.54, 1.807) is 7.11 Å². The van der Waals surface area contributed by atoms with E-state index < -0.39 is 0 Å². The first kappa shape index (κ1) is 18.4.